The molecule has 0 bridgehead atoms. The average Bonchev–Trinajstić information content (AvgIpc) is 2.73. The van der Waals surface area contributed by atoms with Gasteiger partial charge in [0.15, 0.2) is 0 Å². The first-order valence-electron chi connectivity index (χ1n) is 8.64. The van der Waals surface area contributed by atoms with E-state index in [0.717, 1.165) is 44.0 Å². The minimum Gasteiger partial charge on any atom is -0.481 e. The molecule has 0 aliphatic heterocycles. The Labute approximate surface area is 133 Å². The second-order valence-corrected chi connectivity index (χ2v) is 8.47. The van der Waals surface area contributed by atoms with E-state index in [1.807, 2.05) is 0 Å². The van der Waals surface area contributed by atoms with Gasteiger partial charge in [0.25, 0.3) is 0 Å². The van der Waals surface area contributed by atoms with Gasteiger partial charge in [-0.15, -0.1) is 0 Å². The summed E-state index contributed by atoms with van der Waals surface area (Å²) in [5.74, 6) is 0.106. The number of hydrogen-bond acceptors (Lipinski definition) is 2. The number of hydrogen-bond donors (Lipinski definition) is 1. The lowest BCUT2D eigenvalue weighted by Crippen LogP contribution is -2.54. The zero-order valence-corrected chi connectivity index (χ0v) is 14.2. The van der Waals surface area contributed by atoms with E-state index >= 15 is 0 Å². The van der Waals surface area contributed by atoms with Crippen LogP contribution in [0, 0.1) is 34.5 Å². The van der Waals surface area contributed by atoms with Crippen molar-refractivity contribution in [2.45, 2.75) is 59.8 Å². The first-order valence-corrected chi connectivity index (χ1v) is 8.64. The number of carboxylic acids is 1. The van der Waals surface area contributed by atoms with E-state index in [1.165, 1.54) is 5.57 Å². The molecule has 2 fully saturated rings. The summed E-state index contributed by atoms with van der Waals surface area (Å²) in [6.07, 6.45) is 5.98. The molecule has 122 valence electrons. The summed E-state index contributed by atoms with van der Waals surface area (Å²) in [5, 5.41) is 9.75. The summed E-state index contributed by atoms with van der Waals surface area (Å²) in [5.41, 5.74) is 2.37. The number of carbonyl (C=O) groups excluding carboxylic acids is 1. The predicted molar refractivity (Wildman–Crippen MR) is 85.3 cm³/mol. The van der Waals surface area contributed by atoms with Crippen LogP contribution >= 0.6 is 0 Å². The molecule has 0 saturated heterocycles. The minimum atomic E-state index is -0.620. The Hall–Kier alpha value is -1.12. The van der Waals surface area contributed by atoms with Crippen LogP contribution in [0.15, 0.2) is 11.1 Å². The summed E-state index contributed by atoms with van der Waals surface area (Å²) < 4.78 is 0. The molecule has 0 heterocycles. The molecule has 3 nitrogen and oxygen atoms in total. The second kappa shape index (κ2) is 4.94. The van der Waals surface area contributed by atoms with E-state index in [2.05, 4.69) is 27.7 Å². The van der Waals surface area contributed by atoms with E-state index in [0.29, 0.717) is 5.92 Å². The summed E-state index contributed by atoms with van der Waals surface area (Å²) in [4.78, 5) is 23.3. The lowest BCUT2D eigenvalue weighted by atomic mass is 9.45. The highest BCUT2D eigenvalue weighted by Crippen LogP contribution is 2.67. The Morgan fingerprint density at radius 3 is 2.55 bits per heavy atom. The number of allylic oxidation sites excluding steroid dienone is 2. The zero-order valence-electron chi connectivity index (χ0n) is 14.2. The number of aliphatic carboxylic acids is 1. The zero-order chi connectivity index (χ0) is 16.3. The van der Waals surface area contributed by atoms with Gasteiger partial charge in [-0.1, -0.05) is 26.3 Å². The summed E-state index contributed by atoms with van der Waals surface area (Å²) in [6.45, 7) is 8.83. The van der Waals surface area contributed by atoms with Gasteiger partial charge in [0.05, 0.1) is 5.92 Å². The van der Waals surface area contributed by atoms with Crippen molar-refractivity contribution >= 4 is 12.3 Å². The fourth-order valence-corrected chi connectivity index (χ4v) is 6.21. The molecular formula is C19H28O3. The van der Waals surface area contributed by atoms with Crippen LogP contribution in [0.2, 0.25) is 0 Å². The SMILES string of the molecule is CC1=C(C=O)CC2C1(C)CCC1C(C(=O)O)C(C)CCC12C. The third-order valence-corrected chi connectivity index (χ3v) is 7.76. The Bertz CT molecular complexity index is 549. The van der Waals surface area contributed by atoms with Crippen molar-refractivity contribution in [1.82, 2.24) is 0 Å². The quantitative estimate of drug-likeness (QED) is 0.782. The van der Waals surface area contributed by atoms with Gasteiger partial charge in [-0.2, -0.15) is 0 Å². The van der Waals surface area contributed by atoms with Crippen molar-refractivity contribution < 1.29 is 14.7 Å². The monoisotopic (exact) mass is 304 g/mol. The second-order valence-electron chi connectivity index (χ2n) is 8.47. The van der Waals surface area contributed by atoms with Gasteiger partial charge in [-0.25, -0.2) is 0 Å². The number of carbonyl (C=O) groups is 2. The van der Waals surface area contributed by atoms with Crippen molar-refractivity contribution in [3.63, 3.8) is 0 Å². The van der Waals surface area contributed by atoms with Crippen molar-refractivity contribution in [3.05, 3.63) is 11.1 Å². The number of carboxylic acid groups (broad SMARTS) is 1. The van der Waals surface area contributed by atoms with E-state index in [4.69, 9.17) is 0 Å². The molecular weight excluding hydrogens is 276 g/mol. The highest BCUT2D eigenvalue weighted by atomic mass is 16.4. The minimum absolute atomic E-state index is 0.0502. The molecule has 22 heavy (non-hydrogen) atoms. The average molecular weight is 304 g/mol. The number of rotatable bonds is 2. The molecule has 0 aromatic heterocycles. The summed E-state index contributed by atoms with van der Waals surface area (Å²) in [6, 6.07) is 0. The Morgan fingerprint density at radius 2 is 1.95 bits per heavy atom. The first-order chi connectivity index (χ1) is 10.3. The fraction of sp³-hybridized carbons (Fsp3) is 0.789. The maximum Gasteiger partial charge on any atom is 0.307 e. The molecule has 0 spiro atoms. The van der Waals surface area contributed by atoms with Crippen LogP contribution in [-0.4, -0.2) is 17.4 Å². The summed E-state index contributed by atoms with van der Waals surface area (Å²) >= 11 is 0. The smallest absolute Gasteiger partial charge is 0.307 e. The van der Waals surface area contributed by atoms with Gasteiger partial charge in [0.1, 0.15) is 6.29 Å². The highest BCUT2D eigenvalue weighted by molar-refractivity contribution is 5.76. The van der Waals surface area contributed by atoms with Crippen LogP contribution in [0.3, 0.4) is 0 Å². The molecule has 2 saturated carbocycles. The van der Waals surface area contributed by atoms with E-state index in [9.17, 15) is 14.7 Å². The van der Waals surface area contributed by atoms with Crippen molar-refractivity contribution in [2.75, 3.05) is 0 Å². The van der Waals surface area contributed by atoms with Gasteiger partial charge in [-0.05, 0) is 73.2 Å². The molecule has 3 heteroatoms. The molecule has 0 radical (unpaired) electrons. The Balaban J connectivity index is 2.01. The van der Waals surface area contributed by atoms with Crippen LogP contribution in [0.1, 0.15) is 59.8 Å². The molecule has 6 atom stereocenters. The molecule has 3 rings (SSSR count). The van der Waals surface area contributed by atoms with Crippen LogP contribution in [0.25, 0.3) is 0 Å². The van der Waals surface area contributed by atoms with Gasteiger partial charge in [0, 0.05) is 0 Å². The maximum absolute atomic E-state index is 11.9. The normalized spacial score (nSPS) is 47.8. The van der Waals surface area contributed by atoms with Crippen molar-refractivity contribution in [1.29, 1.82) is 0 Å². The topological polar surface area (TPSA) is 54.4 Å². The molecule has 3 aliphatic rings. The number of aldehydes is 1. The van der Waals surface area contributed by atoms with Crippen LogP contribution in [-0.2, 0) is 9.59 Å². The molecule has 3 aliphatic carbocycles. The van der Waals surface area contributed by atoms with Gasteiger partial charge < -0.3 is 5.11 Å². The highest BCUT2D eigenvalue weighted by Gasteiger charge is 2.61. The predicted octanol–water partition coefficient (Wildman–Crippen LogP) is 4.08. The van der Waals surface area contributed by atoms with E-state index in [-0.39, 0.29) is 28.6 Å². The van der Waals surface area contributed by atoms with Crippen LogP contribution in [0.5, 0.6) is 0 Å². The lowest BCUT2D eigenvalue weighted by molar-refractivity contribution is -0.161. The Morgan fingerprint density at radius 1 is 1.27 bits per heavy atom. The largest absolute Gasteiger partial charge is 0.481 e. The van der Waals surface area contributed by atoms with Crippen molar-refractivity contribution in [2.24, 2.45) is 34.5 Å². The third-order valence-electron chi connectivity index (χ3n) is 7.76. The third kappa shape index (κ3) is 1.87. The molecule has 0 aromatic carbocycles. The molecule has 0 amide bonds. The first kappa shape index (κ1) is 15.8. The van der Waals surface area contributed by atoms with Crippen LogP contribution < -0.4 is 0 Å². The number of fused-ring (bicyclic) bond motifs is 3. The van der Waals surface area contributed by atoms with Crippen molar-refractivity contribution in [3.8, 4) is 0 Å². The van der Waals surface area contributed by atoms with E-state index < -0.39 is 5.97 Å². The molecule has 6 unspecified atom stereocenters. The lowest BCUT2D eigenvalue weighted by Gasteiger charge is -2.59. The Kier molecular flexibility index (Phi) is 3.54. The fourth-order valence-electron chi connectivity index (χ4n) is 6.21. The van der Waals surface area contributed by atoms with Crippen LogP contribution in [0.4, 0.5) is 0 Å². The van der Waals surface area contributed by atoms with E-state index in [1.54, 1.807) is 0 Å². The summed E-state index contributed by atoms with van der Waals surface area (Å²) in [7, 11) is 0. The molecule has 0 aromatic rings. The van der Waals surface area contributed by atoms with Gasteiger partial charge in [-0.3, -0.25) is 9.59 Å². The standard InChI is InChI=1S/C19H28O3/c1-11-5-7-19(4)14(16(11)17(21)22)6-8-18(3)12(2)13(10-20)9-15(18)19/h10-11,14-16H,5-9H2,1-4H3,(H,21,22). The van der Waals surface area contributed by atoms with Gasteiger partial charge >= 0.3 is 5.97 Å². The maximum atomic E-state index is 11.9. The molecule has 1 N–H and O–H groups in total. The van der Waals surface area contributed by atoms with Gasteiger partial charge in [0.2, 0.25) is 0 Å².